The molecule has 3 heterocycles. The molecular formula is C22H33N3O2. The molecule has 0 spiro atoms. The highest BCUT2D eigenvalue weighted by atomic mass is 16.3. The minimum absolute atomic E-state index is 0.194. The predicted octanol–water partition coefficient (Wildman–Crippen LogP) is 1.60. The van der Waals surface area contributed by atoms with Gasteiger partial charge in [-0.15, -0.1) is 0 Å². The second-order valence-corrected chi connectivity index (χ2v) is 8.59. The summed E-state index contributed by atoms with van der Waals surface area (Å²) >= 11 is 0. The molecule has 0 bridgehead atoms. The molecule has 0 aromatic heterocycles. The number of aliphatic hydroxyl groups excluding tert-OH is 1. The van der Waals surface area contributed by atoms with Crippen LogP contribution in [0.25, 0.3) is 0 Å². The Bertz CT molecular complexity index is 644. The zero-order valence-electron chi connectivity index (χ0n) is 16.4. The molecule has 3 aliphatic rings. The van der Waals surface area contributed by atoms with Gasteiger partial charge in [0.1, 0.15) is 0 Å². The Kier molecular flexibility index (Phi) is 6.11. The molecule has 1 aromatic carbocycles. The molecule has 148 valence electrons. The van der Waals surface area contributed by atoms with Gasteiger partial charge in [-0.3, -0.25) is 9.69 Å². The van der Waals surface area contributed by atoms with Gasteiger partial charge < -0.3 is 14.9 Å². The zero-order chi connectivity index (χ0) is 18.6. The summed E-state index contributed by atoms with van der Waals surface area (Å²) in [5, 5.41) is 9.83. The second-order valence-electron chi connectivity index (χ2n) is 8.59. The molecule has 1 amide bonds. The van der Waals surface area contributed by atoms with E-state index in [0.29, 0.717) is 12.5 Å². The van der Waals surface area contributed by atoms with Gasteiger partial charge in [-0.25, -0.2) is 0 Å². The first-order chi connectivity index (χ1) is 13.2. The van der Waals surface area contributed by atoms with Gasteiger partial charge in [0.2, 0.25) is 5.91 Å². The Morgan fingerprint density at radius 1 is 0.963 bits per heavy atom. The number of nitrogens with zero attached hydrogens (tertiary/aromatic N) is 3. The first-order valence-electron chi connectivity index (χ1n) is 10.6. The highest BCUT2D eigenvalue weighted by molar-refractivity contribution is 5.78. The first kappa shape index (κ1) is 18.9. The Morgan fingerprint density at radius 2 is 1.70 bits per heavy atom. The van der Waals surface area contributed by atoms with Gasteiger partial charge in [0.05, 0.1) is 6.54 Å². The van der Waals surface area contributed by atoms with Crippen LogP contribution in [0.1, 0.15) is 30.4 Å². The van der Waals surface area contributed by atoms with Crippen LogP contribution in [0.15, 0.2) is 24.3 Å². The van der Waals surface area contributed by atoms with Crippen molar-refractivity contribution >= 4 is 5.91 Å². The maximum absolute atomic E-state index is 12.9. The van der Waals surface area contributed by atoms with Crippen LogP contribution < -0.4 is 0 Å². The number of fused-ring (bicyclic) bond motifs is 1. The highest BCUT2D eigenvalue weighted by Gasteiger charge is 2.36. The van der Waals surface area contributed by atoms with E-state index in [1.54, 1.807) is 0 Å². The summed E-state index contributed by atoms with van der Waals surface area (Å²) in [6, 6.07) is 8.56. The lowest BCUT2D eigenvalue weighted by molar-refractivity contribution is -0.131. The van der Waals surface area contributed by atoms with Crippen LogP contribution in [0, 0.1) is 11.8 Å². The van der Waals surface area contributed by atoms with Gasteiger partial charge in [-0.1, -0.05) is 30.7 Å². The summed E-state index contributed by atoms with van der Waals surface area (Å²) in [6.45, 7) is 7.44. The number of carbonyl (C=O) groups is 1. The largest absolute Gasteiger partial charge is 0.396 e. The van der Waals surface area contributed by atoms with Gasteiger partial charge in [0, 0.05) is 45.2 Å². The molecule has 3 aliphatic heterocycles. The fourth-order valence-corrected chi connectivity index (χ4v) is 5.01. The lowest BCUT2D eigenvalue weighted by Crippen LogP contribution is -2.42. The first-order valence-corrected chi connectivity index (χ1v) is 10.6. The van der Waals surface area contributed by atoms with Crippen molar-refractivity contribution in [1.29, 1.82) is 0 Å². The van der Waals surface area contributed by atoms with Crippen molar-refractivity contribution in [3.05, 3.63) is 35.4 Å². The molecule has 0 unspecified atom stereocenters. The predicted molar refractivity (Wildman–Crippen MR) is 106 cm³/mol. The molecule has 4 rings (SSSR count). The van der Waals surface area contributed by atoms with Crippen molar-refractivity contribution < 1.29 is 9.90 Å². The zero-order valence-corrected chi connectivity index (χ0v) is 16.4. The number of rotatable bonds is 5. The van der Waals surface area contributed by atoms with Crippen LogP contribution in [0.4, 0.5) is 0 Å². The average molecular weight is 372 g/mol. The Balaban J connectivity index is 1.31. The van der Waals surface area contributed by atoms with Crippen LogP contribution in [0.2, 0.25) is 0 Å². The van der Waals surface area contributed by atoms with Gasteiger partial charge >= 0.3 is 0 Å². The summed E-state index contributed by atoms with van der Waals surface area (Å²) in [6.07, 6.45) is 4.94. The summed E-state index contributed by atoms with van der Waals surface area (Å²) in [5.41, 5.74) is 2.78. The molecule has 0 saturated carbocycles. The van der Waals surface area contributed by atoms with Crippen molar-refractivity contribution in [3.63, 3.8) is 0 Å². The van der Waals surface area contributed by atoms with E-state index in [9.17, 15) is 9.90 Å². The van der Waals surface area contributed by atoms with Gasteiger partial charge in [-0.2, -0.15) is 0 Å². The summed E-state index contributed by atoms with van der Waals surface area (Å²) in [5.74, 6) is 0.881. The van der Waals surface area contributed by atoms with E-state index in [-0.39, 0.29) is 18.4 Å². The van der Waals surface area contributed by atoms with E-state index in [1.165, 1.54) is 43.5 Å². The number of amides is 1. The van der Waals surface area contributed by atoms with Crippen molar-refractivity contribution in [2.45, 2.75) is 32.2 Å². The van der Waals surface area contributed by atoms with Gasteiger partial charge in [0.15, 0.2) is 0 Å². The fraction of sp³-hybridized carbons (Fsp3) is 0.682. The van der Waals surface area contributed by atoms with Crippen molar-refractivity contribution in [3.8, 4) is 0 Å². The minimum Gasteiger partial charge on any atom is -0.396 e. The van der Waals surface area contributed by atoms with Crippen molar-refractivity contribution in [2.24, 2.45) is 11.8 Å². The maximum atomic E-state index is 12.9. The van der Waals surface area contributed by atoms with Crippen LogP contribution in [-0.2, 0) is 17.8 Å². The molecule has 0 radical (unpaired) electrons. The van der Waals surface area contributed by atoms with Crippen LogP contribution >= 0.6 is 0 Å². The van der Waals surface area contributed by atoms with Gasteiger partial charge in [-0.05, 0) is 49.4 Å². The fourth-order valence-electron chi connectivity index (χ4n) is 5.01. The number of piperidine rings is 1. The van der Waals surface area contributed by atoms with E-state index in [0.717, 1.165) is 39.1 Å². The van der Waals surface area contributed by atoms with Crippen LogP contribution in [0.3, 0.4) is 0 Å². The molecule has 0 aliphatic carbocycles. The number of carbonyl (C=O) groups excluding carboxylic acids is 1. The number of aliphatic hydroxyl groups is 1. The second kappa shape index (κ2) is 8.72. The van der Waals surface area contributed by atoms with E-state index in [2.05, 4.69) is 34.1 Å². The standard InChI is InChI=1S/C22H33N3O2/c26-17-21-15-25(14-20(21)13-23-9-4-1-5-10-23)22(27)16-24-11-8-18-6-2-3-7-19(18)12-24/h2-3,6-7,20-21,26H,1,4-5,8-17H2/t20-,21-/m0/s1. The lowest BCUT2D eigenvalue weighted by Gasteiger charge is -2.31. The number of hydrogen-bond donors (Lipinski definition) is 1. The quantitative estimate of drug-likeness (QED) is 0.854. The molecular weight excluding hydrogens is 338 g/mol. The molecule has 2 fully saturated rings. The highest BCUT2D eigenvalue weighted by Crippen LogP contribution is 2.26. The third-order valence-corrected chi connectivity index (χ3v) is 6.67. The number of likely N-dealkylation sites (tertiary alicyclic amines) is 2. The molecule has 1 N–H and O–H groups in total. The molecule has 1 aromatic rings. The molecule has 2 atom stereocenters. The smallest absolute Gasteiger partial charge is 0.236 e. The minimum atomic E-state index is 0.194. The molecule has 2 saturated heterocycles. The van der Waals surface area contributed by atoms with Crippen molar-refractivity contribution in [2.75, 3.05) is 52.4 Å². The third-order valence-electron chi connectivity index (χ3n) is 6.67. The van der Waals surface area contributed by atoms with E-state index < -0.39 is 0 Å². The van der Waals surface area contributed by atoms with Crippen LogP contribution in [0.5, 0.6) is 0 Å². The monoisotopic (exact) mass is 371 g/mol. The lowest BCUT2D eigenvalue weighted by atomic mass is 9.95. The Labute approximate surface area is 162 Å². The molecule has 5 heteroatoms. The van der Waals surface area contributed by atoms with E-state index >= 15 is 0 Å². The van der Waals surface area contributed by atoms with E-state index in [1.807, 2.05) is 4.90 Å². The topological polar surface area (TPSA) is 47.0 Å². The van der Waals surface area contributed by atoms with Gasteiger partial charge in [0.25, 0.3) is 0 Å². The number of benzene rings is 1. The van der Waals surface area contributed by atoms with Crippen molar-refractivity contribution in [1.82, 2.24) is 14.7 Å². The Morgan fingerprint density at radius 3 is 2.48 bits per heavy atom. The normalized spacial score (nSPS) is 26.9. The summed E-state index contributed by atoms with van der Waals surface area (Å²) in [7, 11) is 0. The SMILES string of the molecule is O=C(CN1CCc2ccccc2C1)N1C[C@@H](CO)[C@@H](CN2CCCCC2)C1. The Hall–Kier alpha value is -1.43. The number of hydrogen-bond acceptors (Lipinski definition) is 4. The molecule has 5 nitrogen and oxygen atoms in total. The summed E-state index contributed by atoms with van der Waals surface area (Å²) in [4.78, 5) is 19.7. The molecule has 27 heavy (non-hydrogen) atoms. The average Bonchev–Trinajstić information content (AvgIpc) is 3.11. The van der Waals surface area contributed by atoms with E-state index in [4.69, 9.17) is 0 Å². The third kappa shape index (κ3) is 4.53. The van der Waals surface area contributed by atoms with Crippen LogP contribution in [-0.4, -0.2) is 78.1 Å². The maximum Gasteiger partial charge on any atom is 0.236 e. The summed E-state index contributed by atoms with van der Waals surface area (Å²) < 4.78 is 0.